The maximum atomic E-state index is 12.9. The van der Waals surface area contributed by atoms with Crippen LogP contribution in [0.15, 0.2) is 10.6 Å². The standard InChI is InChI=1S/C19H25N3O3/c1-10-8-14(21-25-10)20-18(23)11-4-6-22(7-5-11)19(24)17-15-12-2-3-13(9-12)16(15)17/h8,11-13,15-17H,2-7,9H2,1H3,(H,20,21,23)/t12-,13-,15-,16-/m0/s1. The minimum absolute atomic E-state index is 0.0123. The molecule has 0 unspecified atom stereocenters. The summed E-state index contributed by atoms with van der Waals surface area (Å²) >= 11 is 0. The summed E-state index contributed by atoms with van der Waals surface area (Å²) < 4.78 is 4.98. The molecule has 1 N–H and O–H groups in total. The van der Waals surface area contributed by atoms with E-state index in [0.717, 1.165) is 24.7 Å². The third-order valence-corrected chi connectivity index (χ3v) is 7.08. The largest absolute Gasteiger partial charge is 0.360 e. The van der Waals surface area contributed by atoms with Crippen LogP contribution in [0.4, 0.5) is 5.82 Å². The molecule has 4 fully saturated rings. The first kappa shape index (κ1) is 15.4. The maximum absolute atomic E-state index is 12.9. The summed E-state index contributed by atoms with van der Waals surface area (Å²) in [4.78, 5) is 27.2. The Morgan fingerprint density at radius 3 is 2.44 bits per heavy atom. The lowest BCUT2D eigenvalue weighted by molar-refractivity contribution is -0.136. The van der Waals surface area contributed by atoms with E-state index >= 15 is 0 Å². The average molecular weight is 343 g/mol. The second-order valence-corrected chi connectivity index (χ2v) is 8.43. The highest BCUT2D eigenvalue weighted by Crippen LogP contribution is 2.69. The van der Waals surface area contributed by atoms with Crippen molar-refractivity contribution in [1.82, 2.24) is 10.1 Å². The van der Waals surface area contributed by atoms with E-state index in [2.05, 4.69) is 10.5 Å². The van der Waals surface area contributed by atoms with Gasteiger partial charge in [0.2, 0.25) is 11.8 Å². The van der Waals surface area contributed by atoms with Crippen molar-refractivity contribution in [3.63, 3.8) is 0 Å². The molecule has 2 heterocycles. The van der Waals surface area contributed by atoms with Gasteiger partial charge in [-0.25, -0.2) is 0 Å². The summed E-state index contributed by atoms with van der Waals surface area (Å²) in [5.74, 6) is 4.84. The summed E-state index contributed by atoms with van der Waals surface area (Å²) in [6.07, 6.45) is 5.55. The highest BCUT2D eigenvalue weighted by molar-refractivity contribution is 5.92. The van der Waals surface area contributed by atoms with Crippen molar-refractivity contribution < 1.29 is 14.1 Å². The van der Waals surface area contributed by atoms with E-state index in [1.165, 1.54) is 19.3 Å². The third-order valence-electron chi connectivity index (χ3n) is 7.08. The number of carbonyl (C=O) groups is 2. The molecular weight excluding hydrogens is 318 g/mol. The molecule has 0 radical (unpaired) electrons. The first-order valence-electron chi connectivity index (χ1n) is 9.65. The second-order valence-electron chi connectivity index (χ2n) is 8.43. The molecule has 0 aromatic carbocycles. The van der Waals surface area contributed by atoms with Crippen molar-refractivity contribution in [2.45, 2.75) is 39.0 Å². The topological polar surface area (TPSA) is 75.4 Å². The maximum Gasteiger partial charge on any atom is 0.228 e. The molecule has 4 aliphatic rings. The predicted molar refractivity (Wildman–Crippen MR) is 90.5 cm³/mol. The van der Waals surface area contributed by atoms with Crippen LogP contribution < -0.4 is 5.32 Å². The minimum Gasteiger partial charge on any atom is -0.360 e. The summed E-state index contributed by atoms with van der Waals surface area (Å²) in [5, 5.41) is 6.62. The number of hydrogen-bond acceptors (Lipinski definition) is 4. The zero-order valence-corrected chi connectivity index (χ0v) is 14.6. The van der Waals surface area contributed by atoms with Crippen LogP contribution in [0.2, 0.25) is 0 Å². The van der Waals surface area contributed by atoms with E-state index in [-0.39, 0.29) is 11.8 Å². The average Bonchev–Trinajstić information content (AvgIpc) is 2.90. The van der Waals surface area contributed by atoms with Crippen molar-refractivity contribution in [3.8, 4) is 0 Å². The molecule has 3 saturated carbocycles. The van der Waals surface area contributed by atoms with E-state index in [9.17, 15) is 9.59 Å². The van der Waals surface area contributed by atoms with Gasteiger partial charge in [-0.15, -0.1) is 0 Å². The van der Waals surface area contributed by atoms with Gasteiger partial charge in [0.25, 0.3) is 0 Å². The Labute approximate surface area is 147 Å². The first-order valence-corrected chi connectivity index (χ1v) is 9.65. The molecule has 134 valence electrons. The number of rotatable bonds is 3. The molecule has 1 aliphatic heterocycles. The van der Waals surface area contributed by atoms with Crippen molar-refractivity contribution in [2.24, 2.45) is 35.5 Å². The molecule has 6 heteroatoms. The van der Waals surface area contributed by atoms with Crippen LogP contribution >= 0.6 is 0 Å². The van der Waals surface area contributed by atoms with E-state index in [1.807, 2.05) is 4.90 Å². The van der Waals surface area contributed by atoms with Crippen LogP contribution in [-0.2, 0) is 9.59 Å². The Kier molecular flexibility index (Phi) is 3.44. The number of hydrogen-bond donors (Lipinski definition) is 1. The highest BCUT2D eigenvalue weighted by Gasteiger charge is 2.68. The zero-order valence-electron chi connectivity index (χ0n) is 14.6. The smallest absolute Gasteiger partial charge is 0.228 e. The molecule has 2 bridgehead atoms. The van der Waals surface area contributed by atoms with Gasteiger partial charge in [-0.1, -0.05) is 5.16 Å². The van der Waals surface area contributed by atoms with Gasteiger partial charge < -0.3 is 14.7 Å². The lowest BCUT2D eigenvalue weighted by Gasteiger charge is -2.32. The summed E-state index contributed by atoms with van der Waals surface area (Å²) in [6.45, 7) is 3.21. The number of piperidine rings is 1. The molecule has 5 rings (SSSR count). The van der Waals surface area contributed by atoms with Gasteiger partial charge in [0.1, 0.15) is 5.76 Å². The van der Waals surface area contributed by atoms with Gasteiger partial charge in [-0.2, -0.15) is 0 Å². The van der Waals surface area contributed by atoms with E-state index in [0.29, 0.717) is 48.3 Å². The van der Waals surface area contributed by atoms with Gasteiger partial charge >= 0.3 is 0 Å². The lowest BCUT2D eigenvalue weighted by atomic mass is 9.94. The fourth-order valence-corrected chi connectivity index (χ4v) is 5.88. The van der Waals surface area contributed by atoms with Gasteiger partial charge in [0.15, 0.2) is 5.82 Å². The molecule has 25 heavy (non-hydrogen) atoms. The van der Waals surface area contributed by atoms with Gasteiger partial charge in [-0.3, -0.25) is 9.59 Å². The van der Waals surface area contributed by atoms with Crippen LogP contribution in [0, 0.1) is 42.4 Å². The molecule has 6 nitrogen and oxygen atoms in total. The van der Waals surface area contributed by atoms with Crippen LogP contribution in [0.1, 0.15) is 37.9 Å². The molecule has 0 spiro atoms. The summed E-state index contributed by atoms with van der Waals surface area (Å²) in [5.41, 5.74) is 0. The van der Waals surface area contributed by atoms with Crippen molar-refractivity contribution in [1.29, 1.82) is 0 Å². The lowest BCUT2D eigenvalue weighted by Crippen LogP contribution is -2.42. The van der Waals surface area contributed by atoms with E-state index in [1.54, 1.807) is 13.0 Å². The number of nitrogens with zero attached hydrogens (tertiary/aromatic N) is 2. The Hall–Kier alpha value is -1.85. The SMILES string of the molecule is Cc1cc(NC(=O)C2CCN(C(=O)C3[C@H]4[C@H]5CC[C@@H](C5)[C@H]34)CC2)no1. The quantitative estimate of drug-likeness (QED) is 0.915. The highest BCUT2D eigenvalue weighted by atomic mass is 16.5. The Morgan fingerprint density at radius 2 is 1.84 bits per heavy atom. The third kappa shape index (κ3) is 2.49. The van der Waals surface area contributed by atoms with Crippen molar-refractivity contribution in [3.05, 3.63) is 11.8 Å². The number of amides is 2. The number of aryl methyl sites for hydroxylation is 1. The summed E-state index contributed by atoms with van der Waals surface area (Å²) in [6, 6.07) is 1.72. The first-order chi connectivity index (χ1) is 12.1. The summed E-state index contributed by atoms with van der Waals surface area (Å²) in [7, 11) is 0. The van der Waals surface area contributed by atoms with Crippen LogP contribution in [0.5, 0.6) is 0 Å². The van der Waals surface area contributed by atoms with Crippen LogP contribution in [-0.4, -0.2) is 35.0 Å². The fraction of sp³-hybridized carbons (Fsp3) is 0.737. The van der Waals surface area contributed by atoms with E-state index < -0.39 is 0 Å². The Balaban J connectivity index is 1.14. The van der Waals surface area contributed by atoms with Gasteiger partial charge in [-0.05, 0) is 62.7 Å². The molecule has 2 amide bonds. The minimum atomic E-state index is -0.0454. The Bertz CT molecular complexity index is 691. The molecule has 1 saturated heterocycles. The zero-order chi connectivity index (χ0) is 17.1. The van der Waals surface area contributed by atoms with Gasteiger partial charge in [0, 0.05) is 31.0 Å². The number of carbonyl (C=O) groups excluding carboxylic acids is 2. The molecule has 1 aromatic heterocycles. The van der Waals surface area contributed by atoms with Gasteiger partial charge in [0.05, 0.1) is 0 Å². The van der Waals surface area contributed by atoms with Crippen molar-refractivity contribution >= 4 is 17.6 Å². The second kappa shape index (κ2) is 5.58. The predicted octanol–water partition coefficient (Wildman–Crippen LogP) is 2.45. The fourth-order valence-electron chi connectivity index (χ4n) is 5.88. The molecule has 1 aromatic rings. The molecular formula is C19H25N3O3. The normalized spacial score (nSPS) is 36.4. The Morgan fingerprint density at radius 1 is 1.16 bits per heavy atom. The number of aromatic nitrogens is 1. The number of nitrogens with one attached hydrogen (secondary N) is 1. The monoisotopic (exact) mass is 343 g/mol. The van der Waals surface area contributed by atoms with E-state index in [4.69, 9.17) is 4.52 Å². The van der Waals surface area contributed by atoms with Crippen molar-refractivity contribution in [2.75, 3.05) is 18.4 Å². The molecule has 4 atom stereocenters. The van der Waals surface area contributed by atoms with Crippen LogP contribution in [0.25, 0.3) is 0 Å². The van der Waals surface area contributed by atoms with Crippen LogP contribution in [0.3, 0.4) is 0 Å². The molecule has 3 aliphatic carbocycles. The number of fused-ring (bicyclic) bond motifs is 5. The number of anilines is 1. The number of likely N-dealkylation sites (tertiary alicyclic amines) is 1.